The van der Waals surface area contributed by atoms with Crippen molar-refractivity contribution < 1.29 is 8.42 Å². The summed E-state index contributed by atoms with van der Waals surface area (Å²) in [6, 6.07) is 0.334. The molecule has 0 spiro atoms. The molecule has 1 fully saturated rings. The molecule has 2 rings (SSSR count). The molecule has 0 amide bonds. The van der Waals surface area contributed by atoms with Crippen molar-refractivity contribution in [1.82, 2.24) is 19.4 Å². The van der Waals surface area contributed by atoms with E-state index < -0.39 is 10.0 Å². The Hall–Kier alpha value is -0.920. The Morgan fingerprint density at radius 1 is 1.24 bits per heavy atom. The highest BCUT2D eigenvalue weighted by Crippen LogP contribution is 2.33. The van der Waals surface area contributed by atoms with Gasteiger partial charge in [0.25, 0.3) is 0 Å². The van der Waals surface area contributed by atoms with Gasteiger partial charge in [0.2, 0.25) is 10.0 Å². The molecule has 144 valence electrons. The molecule has 1 N–H and O–H groups in total. The van der Waals surface area contributed by atoms with E-state index in [1.54, 1.807) is 6.20 Å². The van der Waals surface area contributed by atoms with Gasteiger partial charge in [0.15, 0.2) is 0 Å². The summed E-state index contributed by atoms with van der Waals surface area (Å²) in [5.41, 5.74) is 0.349. The van der Waals surface area contributed by atoms with Gasteiger partial charge >= 0.3 is 0 Å². The molecule has 0 saturated heterocycles. The predicted octanol–water partition coefficient (Wildman–Crippen LogP) is 2.92. The third-order valence-electron chi connectivity index (χ3n) is 5.01. The topological polar surface area (TPSA) is 67.2 Å². The van der Waals surface area contributed by atoms with Gasteiger partial charge in [-0.1, -0.05) is 47.5 Å². The molecule has 1 saturated carbocycles. The zero-order valence-corrected chi connectivity index (χ0v) is 17.2. The zero-order valence-electron chi connectivity index (χ0n) is 16.4. The van der Waals surface area contributed by atoms with Crippen molar-refractivity contribution in [1.29, 1.82) is 0 Å². The lowest BCUT2D eigenvalue weighted by molar-refractivity contribution is 0.309. The molecule has 1 aromatic rings. The summed E-state index contributed by atoms with van der Waals surface area (Å²) in [5.74, 6) is 0. The molecular weight excluding hydrogens is 336 g/mol. The van der Waals surface area contributed by atoms with Gasteiger partial charge in [0.1, 0.15) is 4.90 Å². The van der Waals surface area contributed by atoms with Crippen molar-refractivity contribution in [3.05, 3.63) is 11.9 Å². The molecule has 1 aliphatic rings. The van der Waals surface area contributed by atoms with E-state index in [0.717, 1.165) is 25.9 Å². The summed E-state index contributed by atoms with van der Waals surface area (Å²) < 4.78 is 30.5. The number of likely N-dealkylation sites (N-methyl/N-ethyl adjacent to an activating group) is 1. The van der Waals surface area contributed by atoms with Gasteiger partial charge in [0, 0.05) is 24.7 Å². The van der Waals surface area contributed by atoms with E-state index in [0.29, 0.717) is 29.7 Å². The Bertz CT molecular complexity index is 651. The number of sulfonamides is 1. The molecular formula is C18H34N4O2S. The lowest BCUT2D eigenvalue weighted by Gasteiger charge is -2.19. The normalized spacial score (nSPS) is 16.9. The second-order valence-electron chi connectivity index (χ2n) is 7.93. The van der Waals surface area contributed by atoms with E-state index >= 15 is 0 Å². The highest BCUT2D eigenvalue weighted by molar-refractivity contribution is 7.89. The van der Waals surface area contributed by atoms with Crippen molar-refractivity contribution in [3.8, 4) is 0 Å². The summed E-state index contributed by atoms with van der Waals surface area (Å²) in [5, 5.41) is 4.69. The lowest BCUT2D eigenvalue weighted by atomic mass is 9.92. The van der Waals surface area contributed by atoms with E-state index in [9.17, 15) is 8.42 Å². The number of aromatic nitrogens is 2. The molecule has 0 aliphatic heterocycles. The maximum atomic E-state index is 12.9. The number of hydrogen-bond donors (Lipinski definition) is 1. The van der Waals surface area contributed by atoms with Gasteiger partial charge in [-0.2, -0.15) is 5.10 Å². The summed E-state index contributed by atoms with van der Waals surface area (Å²) in [6.07, 6.45) is 6.30. The van der Waals surface area contributed by atoms with Gasteiger partial charge in [0.05, 0.1) is 11.7 Å². The first-order valence-electron chi connectivity index (χ1n) is 9.50. The minimum Gasteiger partial charge on any atom is -0.303 e. The fraction of sp³-hybridized carbons (Fsp3) is 0.833. The van der Waals surface area contributed by atoms with Crippen LogP contribution in [0.2, 0.25) is 0 Å². The predicted molar refractivity (Wildman–Crippen MR) is 101 cm³/mol. The highest BCUT2D eigenvalue weighted by Gasteiger charge is 2.31. The zero-order chi connectivity index (χ0) is 18.7. The summed E-state index contributed by atoms with van der Waals surface area (Å²) in [4.78, 5) is 2.54. The molecule has 1 heterocycles. The second-order valence-corrected chi connectivity index (χ2v) is 9.67. The monoisotopic (exact) mass is 370 g/mol. The molecule has 1 aliphatic carbocycles. The third kappa shape index (κ3) is 5.05. The van der Waals surface area contributed by atoms with Crippen LogP contribution in [0.1, 0.15) is 72.0 Å². The average molecular weight is 371 g/mol. The van der Waals surface area contributed by atoms with Crippen LogP contribution in [-0.2, 0) is 15.4 Å². The molecule has 0 bridgehead atoms. The van der Waals surface area contributed by atoms with Crippen molar-refractivity contribution in [2.75, 3.05) is 26.2 Å². The fourth-order valence-corrected chi connectivity index (χ4v) is 4.77. The van der Waals surface area contributed by atoms with Crippen molar-refractivity contribution in [2.24, 2.45) is 0 Å². The third-order valence-corrected chi connectivity index (χ3v) is 6.47. The molecule has 6 nitrogen and oxygen atoms in total. The highest BCUT2D eigenvalue weighted by atomic mass is 32.2. The van der Waals surface area contributed by atoms with E-state index in [1.807, 2.05) is 25.5 Å². The molecule has 1 aromatic heterocycles. The maximum Gasteiger partial charge on any atom is 0.244 e. The Labute approximate surface area is 153 Å². The Kier molecular flexibility index (Phi) is 6.68. The standard InChI is InChI=1S/C18H34N4O2S/c1-6-21(7-2)13-12-19-25(23,24)16-14-22(15-10-8-9-11-15)20-17(16)18(3,4)5/h14-15,19H,6-13H2,1-5H3. The molecule has 7 heteroatoms. The van der Waals surface area contributed by atoms with Crippen LogP contribution in [0.3, 0.4) is 0 Å². The smallest absolute Gasteiger partial charge is 0.244 e. The van der Waals surface area contributed by atoms with Crippen molar-refractivity contribution in [2.45, 2.75) is 76.7 Å². The Balaban J connectivity index is 2.22. The van der Waals surface area contributed by atoms with Crippen LogP contribution in [0.4, 0.5) is 0 Å². The SMILES string of the molecule is CCN(CC)CCNS(=O)(=O)c1cn(C2CCCC2)nc1C(C)(C)C. The first-order valence-corrected chi connectivity index (χ1v) is 11.0. The fourth-order valence-electron chi connectivity index (χ4n) is 3.40. The first-order chi connectivity index (χ1) is 11.7. The van der Waals surface area contributed by atoms with Crippen LogP contribution in [0, 0.1) is 0 Å². The van der Waals surface area contributed by atoms with Crippen LogP contribution >= 0.6 is 0 Å². The minimum absolute atomic E-state index is 0.313. The van der Waals surface area contributed by atoms with Gasteiger partial charge in [-0.15, -0.1) is 0 Å². The van der Waals surface area contributed by atoms with Gasteiger partial charge in [-0.25, -0.2) is 13.1 Å². The van der Waals surface area contributed by atoms with E-state index in [1.165, 1.54) is 12.8 Å². The molecule has 0 unspecified atom stereocenters. The molecule has 0 aromatic carbocycles. The van der Waals surface area contributed by atoms with Crippen LogP contribution in [-0.4, -0.2) is 49.3 Å². The molecule has 0 atom stereocenters. The Morgan fingerprint density at radius 3 is 2.36 bits per heavy atom. The quantitative estimate of drug-likeness (QED) is 0.764. The van der Waals surface area contributed by atoms with Crippen LogP contribution in [0.15, 0.2) is 11.1 Å². The number of rotatable bonds is 8. The van der Waals surface area contributed by atoms with Crippen LogP contribution in [0.25, 0.3) is 0 Å². The summed E-state index contributed by atoms with van der Waals surface area (Å²) >= 11 is 0. The van der Waals surface area contributed by atoms with Gasteiger partial charge in [-0.05, 0) is 25.9 Å². The van der Waals surface area contributed by atoms with Crippen LogP contribution in [0.5, 0.6) is 0 Å². The number of hydrogen-bond acceptors (Lipinski definition) is 4. The summed E-state index contributed by atoms with van der Waals surface area (Å²) in [7, 11) is -3.55. The van der Waals surface area contributed by atoms with Crippen LogP contribution < -0.4 is 4.72 Å². The largest absolute Gasteiger partial charge is 0.303 e. The average Bonchev–Trinajstić information content (AvgIpc) is 3.19. The maximum absolute atomic E-state index is 12.9. The molecule has 25 heavy (non-hydrogen) atoms. The van der Waals surface area contributed by atoms with E-state index in [4.69, 9.17) is 5.10 Å². The number of nitrogens with zero attached hydrogens (tertiary/aromatic N) is 3. The number of nitrogens with one attached hydrogen (secondary N) is 1. The van der Waals surface area contributed by atoms with Crippen molar-refractivity contribution in [3.63, 3.8) is 0 Å². The van der Waals surface area contributed by atoms with E-state index in [-0.39, 0.29) is 5.41 Å². The minimum atomic E-state index is -3.55. The second kappa shape index (κ2) is 8.18. The van der Waals surface area contributed by atoms with Gasteiger partial charge < -0.3 is 4.90 Å². The Morgan fingerprint density at radius 2 is 1.84 bits per heavy atom. The van der Waals surface area contributed by atoms with Gasteiger partial charge in [-0.3, -0.25) is 4.68 Å². The lowest BCUT2D eigenvalue weighted by Crippen LogP contribution is -2.35. The molecule has 0 radical (unpaired) electrons. The first kappa shape index (κ1) is 20.4. The van der Waals surface area contributed by atoms with Crippen molar-refractivity contribution >= 4 is 10.0 Å². The van der Waals surface area contributed by atoms with E-state index in [2.05, 4.69) is 23.5 Å². The summed E-state index contributed by atoms with van der Waals surface area (Å²) in [6.45, 7) is 13.2.